The van der Waals surface area contributed by atoms with Crippen molar-refractivity contribution in [2.24, 2.45) is 0 Å². The predicted octanol–water partition coefficient (Wildman–Crippen LogP) is 1.73. The molecule has 1 aliphatic rings. The first-order chi connectivity index (χ1) is 14.3. The van der Waals surface area contributed by atoms with Gasteiger partial charge in [-0.2, -0.15) is 5.10 Å². The van der Waals surface area contributed by atoms with Crippen molar-refractivity contribution in [2.75, 3.05) is 39.5 Å². The van der Waals surface area contributed by atoms with Crippen LogP contribution in [-0.2, 0) is 9.84 Å². The van der Waals surface area contributed by atoms with E-state index in [4.69, 9.17) is 0 Å². The molecule has 0 atom stereocenters. The lowest BCUT2D eigenvalue weighted by molar-refractivity contribution is 0.0663. The van der Waals surface area contributed by atoms with Gasteiger partial charge in [-0.25, -0.2) is 13.1 Å². The SMILES string of the molecule is CN1CCN(C(=O)c2ccc(-c3cnn(-c4ccc(S(C)(=O)=O)cc4)c3)nc2)CC1. The van der Waals surface area contributed by atoms with Gasteiger partial charge in [0, 0.05) is 50.4 Å². The molecule has 1 amide bonds. The van der Waals surface area contributed by atoms with Crippen molar-refractivity contribution < 1.29 is 13.2 Å². The summed E-state index contributed by atoms with van der Waals surface area (Å²) >= 11 is 0. The minimum atomic E-state index is -3.23. The third-order valence-corrected chi connectivity index (χ3v) is 6.34. The highest BCUT2D eigenvalue weighted by atomic mass is 32.2. The lowest BCUT2D eigenvalue weighted by Crippen LogP contribution is -2.47. The Hall–Kier alpha value is -3.04. The van der Waals surface area contributed by atoms with E-state index in [1.54, 1.807) is 47.4 Å². The quantitative estimate of drug-likeness (QED) is 0.633. The predicted molar refractivity (Wildman–Crippen MR) is 113 cm³/mol. The monoisotopic (exact) mass is 425 g/mol. The van der Waals surface area contributed by atoms with Crippen LogP contribution in [0.2, 0.25) is 0 Å². The minimum Gasteiger partial charge on any atom is -0.336 e. The number of sulfone groups is 1. The summed E-state index contributed by atoms with van der Waals surface area (Å²) < 4.78 is 24.9. The first kappa shape index (κ1) is 20.2. The summed E-state index contributed by atoms with van der Waals surface area (Å²) in [6, 6.07) is 10.1. The van der Waals surface area contributed by atoms with Gasteiger partial charge in [0.25, 0.3) is 5.91 Å². The van der Waals surface area contributed by atoms with Crippen molar-refractivity contribution in [1.82, 2.24) is 24.6 Å². The van der Waals surface area contributed by atoms with Gasteiger partial charge < -0.3 is 9.80 Å². The van der Waals surface area contributed by atoms with Crippen LogP contribution in [-0.4, -0.2) is 78.4 Å². The zero-order valence-electron chi connectivity index (χ0n) is 16.9. The first-order valence-electron chi connectivity index (χ1n) is 9.61. The van der Waals surface area contributed by atoms with Crippen molar-refractivity contribution >= 4 is 15.7 Å². The van der Waals surface area contributed by atoms with Crippen LogP contribution >= 0.6 is 0 Å². The topological polar surface area (TPSA) is 88.4 Å². The molecule has 0 aliphatic carbocycles. The van der Waals surface area contributed by atoms with E-state index in [1.165, 1.54) is 6.26 Å². The van der Waals surface area contributed by atoms with Crippen LogP contribution in [0.3, 0.4) is 0 Å². The average molecular weight is 426 g/mol. The number of hydrogen-bond acceptors (Lipinski definition) is 6. The molecule has 1 fully saturated rings. The molecule has 2 aromatic heterocycles. The lowest BCUT2D eigenvalue weighted by Gasteiger charge is -2.32. The maximum Gasteiger partial charge on any atom is 0.255 e. The Balaban J connectivity index is 1.49. The van der Waals surface area contributed by atoms with Crippen molar-refractivity contribution in [2.45, 2.75) is 4.90 Å². The van der Waals surface area contributed by atoms with E-state index in [2.05, 4.69) is 22.0 Å². The molecule has 0 bridgehead atoms. The van der Waals surface area contributed by atoms with Crippen molar-refractivity contribution in [3.63, 3.8) is 0 Å². The summed E-state index contributed by atoms with van der Waals surface area (Å²) in [5.41, 5.74) is 2.84. The molecule has 3 heterocycles. The second-order valence-electron chi connectivity index (χ2n) is 7.47. The Morgan fingerprint density at radius 3 is 2.27 bits per heavy atom. The number of carbonyl (C=O) groups excluding carboxylic acids is 1. The Labute approximate surface area is 175 Å². The summed E-state index contributed by atoms with van der Waals surface area (Å²) in [6.45, 7) is 3.20. The van der Waals surface area contributed by atoms with Gasteiger partial charge in [0.05, 0.1) is 28.0 Å². The highest BCUT2D eigenvalue weighted by Crippen LogP contribution is 2.20. The maximum atomic E-state index is 12.6. The van der Waals surface area contributed by atoms with Gasteiger partial charge in [-0.15, -0.1) is 0 Å². The molecule has 4 rings (SSSR count). The van der Waals surface area contributed by atoms with E-state index in [0.717, 1.165) is 37.4 Å². The summed E-state index contributed by atoms with van der Waals surface area (Å²) in [7, 11) is -1.18. The molecule has 1 saturated heterocycles. The van der Waals surface area contributed by atoms with E-state index in [0.29, 0.717) is 11.3 Å². The van der Waals surface area contributed by atoms with Gasteiger partial charge in [-0.1, -0.05) is 0 Å². The third kappa shape index (κ3) is 4.27. The standard InChI is InChI=1S/C21H23N5O3S/c1-24-9-11-25(12-10-24)21(27)16-3-8-20(22-13-16)17-14-23-26(15-17)18-4-6-19(7-5-18)30(2,28)29/h3-8,13-15H,9-12H2,1-2H3. The van der Waals surface area contributed by atoms with E-state index in [-0.39, 0.29) is 10.8 Å². The second kappa shape index (κ2) is 8.00. The average Bonchev–Trinajstić information content (AvgIpc) is 3.24. The normalized spacial score (nSPS) is 15.3. The molecule has 9 heteroatoms. The van der Waals surface area contributed by atoms with Crippen molar-refractivity contribution in [3.05, 3.63) is 60.6 Å². The molecule has 0 radical (unpaired) electrons. The molecule has 0 N–H and O–H groups in total. The molecule has 1 aromatic carbocycles. The van der Waals surface area contributed by atoms with Gasteiger partial charge in [0.2, 0.25) is 0 Å². The van der Waals surface area contributed by atoms with Crippen LogP contribution in [0, 0.1) is 0 Å². The molecule has 156 valence electrons. The molecule has 0 spiro atoms. The summed E-state index contributed by atoms with van der Waals surface area (Å²) in [4.78, 5) is 21.4. The number of likely N-dealkylation sites (N-methyl/N-ethyl adjacent to an activating group) is 1. The molecular weight excluding hydrogens is 402 g/mol. The largest absolute Gasteiger partial charge is 0.336 e. The van der Waals surface area contributed by atoms with Gasteiger partial charge >= 0.3 is 0 Å². The van der Waals surface area contributed by atoms with Gasteiger partial charge in [-0.3, -0.25) is 9.78 Å². The number of hydrogen-bond donors (Lipinski definition) is 0. The molecule has 3 aromatic rings. The molecular formula is C21H23N5O3S. The number of pyridine rings is 1. The van der Waals surface area contributed by atoms with Gasteiger partial charge in [0.15, 0.2) is 9.84 Å². The summed E-state index contributed by atoms with van der Waals surface area (Å²) in [5.74, 6) is 0.00353. The summed E-state index contributed by atoms with van der Waals surface area (Å²) in [6.07, 6.45) is 6.29. The Morgan fingerprint density at radius 2 is 1.67 bits per heavy atom. The minimum absolute atomic E-state index is 0.00353. The zero-order chi connectivity index (χ0) is 21.3. The first-order valence-corrected chi connectivity index (χ1v) is 11.5. The van der Waals surface area contributed by atoms with Crippen molar-refractivity contribution in [3.8, 4) is 16.9 Å². The Kier molecular flexibility index (Phi) is 5.40. The number of piperazine rings is 1. The number of aromatic nitrogens is 3. The van der Waals surface area contributed by atoms with Crippen LogP contribution in [0.15, 0.2) is 59.9 Å². The van der Waals surface area contributed by atoms with E-state index in [1.807, 2.05) is 17.2 Å². The number of benzene rings is 1. The molecule has 0 saturated carbocycles. The fourth-order valence-electron chi connectivity index (χ4n) is 3.33. The second-order valence-corrected chi connectivity index (χ2v) is 9.48. The molecule has 30 heavy (non-hydrogen) atoms. The van der Waals surface area contributed by atoms with E-state index in [9.17, 15) is 13.2 Å². The third-order valence-electron chi connectivity index (χ3n) is 5.21. The molecule has 8 nitrogen and oxygen atoms in total. The summed E-state index contributed by atoms with van der Waals surface area (Å²) in [5, 5.41) is 4.34. The smallest absolute Gasteiger partial charge is 0.255 e. The Morgan fingerprint density at radius 1 is 0.967 bits per heavy atom. The molecule has 1 aliphatic heterocycles. The highest BCUT2D eigenvalue weighted by molar-refractivity contribution is 7.90. The van der Waals surface area contributed by atoms with E-state index >= 15 is 0 Å². The van der Waals surface area contributed by atoms with Crippen LogP contribution in [0.1, 0.15) is 10.4 Å². The zero-order valence-corrected chi connectivity index (χ0v) is 17.7. The van der Waals surface area contributed by atoms with Gasteiger partial charge in [0.1, 0.15) is 0 Å². The fraction of sp³-hybridized carbons (Fsp3) is 0.286. The van der Waals surface area contributed by atoms with E-state index < -0.39 is 9.84 Å². The fourth-order valence-corrected chi connectivity index (χ4v) is 3.96. The van der Waals surface area contributed by atoms with Crippen LogP contribution in [0.25, 0.3) is 16.9 Å². The lowest BCUT2D eigenvalue weighted by atomic mass is 10.1. The van der Waals surface area contributed by atoms with Gasteiger partial charge in [-0.05, 0) is 43.4 Å². The Bertz CT molecular complexity index is 1150. The van der Waals surface area contributed by atoms with Crippen LogP contribution in [0.4, 0.5) is 0 Å². The maximum absolute atomic E-state index is 12.6. The number of nitrogens with zero attached hydrogens (tertiary/aromatic N) is 5. The van der Waals surface area contributed by atoms with Crippen molar-refractivity contribution in [1.29, 1.82) is 0 Å². The highest BCUT2D eigenvalue weighted by Gasteiger charge is 2.20. The number of amides is 1. The number of carbonyl (C=O) groups is 1. The van der Waals surface area contributed by atoms with Crippen LogP contribution in [0.5, 0.6) is 0 Å². The number of rotatable bonds is 4. The molecule has 0 unspecified atom stereocenters. The van der Waals surface area contributed by atoms with Crippen LogP contribution < -0.4 is 0 Å².